The molecule has 2 aromatic rings. The Labute approximate surface area is 111 Å². The van der Waals surface area contributed by atoms with E-state index in [1.807, 2.05) is 6.07 Å². The maximum absolute atomic E-state index is 11.3. The normalized spacial score (nSPS) is 10.3. The monoisotopic (exact) mass is 260 g/mol. The van der Waals surface area contributed by atoms with Gasteiger partial charge in [-0.25, -0.2) is 0 Å². The summed E-state index contributed by atoms with van der Waals surface area (Å²) in [6, 6.07) is 5.45. The third-order valence-corrected chi connectivity index (χ3v) is 3.79. The summed E-state index contributed by atoms with van der Waals surface area (Å²) in [6.07, 6.45) is 0. The van der Waals surface area contributed by atoms with Crippen LogP contribution in [-0.4, -0.2) is 5.78 Å². The minimum absolute atomic E-state index is 0.00673. The summed E-state index contributed by atoms with van der Waals surface area (Å²) >= 11 is 1.70. The van der Waals surface area contributed by atoms with Crippen LogP contribution in [0.1, 0.15) is 28.4 Å². The van der Waals surface area contributed by atoms with Gasteiger partial charge in [0, 0.05) is 23.5 Å². The predicted molar refractivity (Wildman–Crippen MR) is 77.2 cm³/mol. The number of nitrogen functional groups attached to an aromatic ring is 1. The van der Waals surface area contributed by atoms with Crippen LogP contribution >= 0.6 is 11.3 Å². The Bertz CT molecular complexity index is 575. The lowest BCUT2D eigenvalue weighted by Crippen LogP contribution is -2.03. The number of thiophene rings is 1. The van der Waals surface area contributed by atoms with Crippen LogP contribution in [0.2, 0.25) is 0 Å². The Morgan fingerprint density at radius 2 is 2.17 bits per heavy atom. The van der Waals surface area contributed by atoms with Crippen LogP contribution < -0.4 is 11.1 Å². The van der Waals surface area contributed by atoms with Crippen molar-refractivity contribution < 1.29 is 4.79 Å². The first-order chi connectivity index (χ1) is 8.58. The largest absolute Gasteiger partial charge is 0.398 e. The molecule has 2 rings (SSSR count). The molecule has 0 fully saturated rings. The Balaban J connectivity index is 2.09. The molecule has 0 aliphatic heterocycles. The molecule has 0 unspecified atom stereocenters. The van der Waals surface area contributed by atoms with Crippen LogP contribution in [0.3, 0.4) is 0 Å². The highest BCUT2D eigenvalue weighted by molar-refractivity contribution is 7.08. The second-order valence-electron chi connectivity index (χ2n) is 4.29. The second kappa shape index (κ2) is 5.23. The van der Waals surface area contributed by atoms with Gasteiger partial charge in [-0.05, 0) is 53.9 Å². The average Bonchev–Trinajstić information content (AvgIpc) is 2.72. The van der Waals surface area contributed by atoms with Crippen molar-refractivity contribution in [1.29, 1.82) is 0 Å². The molecule has 0 aliphatic rings. The third kappa shape index (κ3) is 2.71. The van der Waals surface area contributed by atoms with E-state index in [2.05, 4.69) is 23.0 Å². The summed E-state index contributed by atoms with van der Waals surface area (Å²) in [5.74, 6) is -0.00673. The van der Waals surface area contributed by atoms with E-state index in [4.69, 9.17) is 5.73 Å². The zero-order chi connectivity index (χ0) is 13.1. The molecular formula is C14H16N2OS. The Kier molecular flexibility index (Phi) is 3.67. The summed E-state index contributed by atoms with van der Waals surface area (Å²) in [5.41, 5.74) is 10.5. The fourth-order valence-electron chi connectivity index (χ4n) is 1.76. The number of anilines is 2. The summed E-state index contributed by atoms with van der Waals surface area (Å²) in [5, 5.41) is 7.57. The fourth-order valence-corrected chi connectivity index (χ4v) is 2.62. The van der Waals surface area contributed by atoms with Gasteiger partial charge in [-0.2, -0.15) is 11.3 Å². The van der Waals surface area contributed by atoms with Crippen LogP contribution in [0.15, 0.2) is 29.0 Å². The lowest BCUT2D eigenvalue weighted by molar-refractivity contribution is 0.101. The van der Waals surface area contributed by atoms with Gasteiger partial charge in [-0.15, -0.1) is 0 Å². The average molecular weight is 260 g/mol. The number of Topliss-reactive ketones (excluding diaryl/α,β-unsaturated/α-hetero) is 1. The molecular weight excluding hydrogens is 244 g/mol. The van der Waals surface area contributed by atoms with Gasteiger partial charge in [0.25, 0.3) is 0 Å². The van der Waals surface area contributed by atoms with E-state index in [-0.39, 0.29) is 5.78 Å². The van der Waals surface area contributed by atoms with Gasteiger partial charge in [0.2, 0.25) is 0 Å². The number of aryl methyl sites for hydroxylation is 1. The molecule has 18 heavy (non-hydrogen) atoms. The molecule has 1 heterocycles. The van der Waals surface area contributed by atoms with Gasteiger partial charge in [0.05, 0.1) is 0 Å². The van der Waals surface area contributed by atoms with Gasteiger partial charge < -0.3 is 11.1 Å². The highest BCUT2D eigenvalue weighted by atomic mass is 32.1. The van der Waals surface area contributed by atoms with Crippen LogP contribution in [0, 0.1) is 6.92 Å². The van der Waals surface area contributed by atoms with E-state index in [0.29, 0.717) is 11.3 Å². The van der Waals surface area contributed by atoms with Crippen molar-refractivity contribution in [3.8, 4) is 0 Å². The van der Waals surface area contributed by atoms with E-state index in [0.717, 1.165) is 12.2 Å². The lowest BCUT2D eigenvalue weighted by Gasteiger charge is -2.09. The maximum atomic E-state index is 11.3. The first-order valence-electron chi connectivity index (χ1n) is 5.74. The number of rotatable bonds is 4. The van der Waals surface area contributed by atoms with Crippen molar-refractivity contribution >= 4 is 28.5 Å². The number of ketones is 1. The van der Waals surface area contributed by atoms with Crippen molar-refractivity contribution in [2.75, 3.05) is 11.1 Å². The molecule has 1 aromatic heterocycles. The summed E-state index contributed by atoms with van der Waals surface area (Å²) < 4.78 is 0. The van der Waals surface area contributed by atoms with Crippen molar-refractivity contribution in [3.05, 3.63) is 45.6 Å². The number of hydrogen-bond acceptors (Lipinski definition) is 4. The summed E-state index contributed by atoms with van der Waals surface area (Å²) in [4.78, 5) is 11.3. The SMILES string of the molecule is CC(=O)c1ccc(NCc2cscc2C)cc1N. The third-order valence-electron chi connectivity index (χ3n) is 2.88. The predicted octanol–water partition coefficient (Wildman–Crippen LogP) is 3.45. The number of carbonyl (C=O) groups excluding carboxylic acids is 1. The molecule has 0 aliphatic carbocycles. The van der Waals surface area contributed by atoms with Crippen molar-refractivity contribution in [3.63, 3.8) is 0 Å². The number of benzene rings is 1. The van der Waals surface area contributed by atoms with Gasteiger partial charge >= 0.3 is 0 Å². The topological polar surface area (TPSA) is 55.1 Å². The van der Waals surface area contributed by atoms with Crippen LogP contribution in [-0.2, 0) is 6.54 Å². The van der Waals surface area contributed by atoms with Crippen molar-refractivity contribution in [1.82, 2.24) is 0 Å². The first-order valence-corrected chi connectivity index (χ1v) is 6.68. The Morgan fingerprint density at radius 1 is 1.39 bits per heavy atom. The van der Waals surface area contributed by atoms with Crippen LogP contribution in [0.4, 0.5) is 11.4 Å². The standard InChI is InChI=1S/C14H16N2OS/c1-9-7-18-8-11(9)6-16-12-3-4-13(10(2)17)14(15)5-12/h3-5,7-8,16H,6,15H2,1-2H3. The minimum Gasteiger partial charge on any atom is -0.398 e. The minimum atomic E-state index is -0.00673. The Hall–Kier alpha value is -1.81. The quantitative estimate of drug-likeness (QED) is 0.654. The number of hydrogen-bond donors (Lipinski definition) is 2. The van der Waals surface area contributed by atoms with E-state index < -0.39 is 0 Å². The van der Waals surface area contributed by atoms with E-state index >= 15 is 0 Å². The van der Waals surface area contributed by atoms with E-state index in [1.165, 1.54) is 18.1 Å². The molecule has 1 aromatic carbocycles. The fraction of sp³-hybridized carbons (Fsp3) is 0.214. The van der Waals surface area contributed by atoms with E-state index in [1.54, 1.807) is 23.5 Å². The summed E-state index contributed by atoms with van der Waals surface area (Å²) in [6.45, 7) is 4.39. The van der Waals surface area contributed by atoms with Gasteiger partial charge in [0.1, 0.15) is 0 Å². The molecule has 94 valence electrons. The molecule has 0 saturated carbocycles. The molecule has 0 amide bonds. The number of carbonyl (C=O) groups is 1. The van der Waals surface area contributed by atoms with Gasteiger partial charge in [0.15, 0.2) is 5.78 Å². The van der Waals surface area contributed by atoms with Crippen molar-refractivity contribution in [2.45, 2.75) is 20.4 Å². The molecule has 0 bridgehead atoms. The highest BCUT2D eigenvalue weighted by Gasteiger charge is 2.05. The van der Waals surface area contributed by atoms with Crippen LogP contribution in [0.25, 0.3) is 0 Å². The summed E-state index contributed by atoms with van der Waals surface area (Å²) in [7, 11) is 0. The second-order valence-corrected chi connectivity index (χ2v) is 5.04. The molecule has 3 nitrogen and oxygen atoms in total. The lowest BCUT2D eigenvalue weighted by atomic mass is 10.1. The molecule has 3 N–H and O–H groups in total. The first kappa shape index (κ1) is 12.6. The van der Waals surface area contributed by atoms with E-state index in [9.17, 15) is 4.79 Å². The smallest absolute Gasteiger partial charge is 0.161 e. The van der Waals surface area contributed by atoms with Crippen molar-refractivity contribution in [2.24, 2.45) is 0 Å². The molecule has 0 saturated heterocycles. The number of nitrogens with one attached hydrogen (secondary N) is 1. The maximum Gasteiger partial charge on any atom is 0.161 e. The van der Waals surface area contributed by atoms with Crippen LogP contribution in [0.5, 0.6) is 0 Å². The zero-order valence-corrected chi connectivity index (χ0v) is 11.3. The molecule has 0 atom stereocenters. The van der Waals surface area contributed by atoms with Gasteiger partial charge in [-0.1, -0.05) is 0 Å². The zero-order valence-electron chi connectivity index (χ0n) is 10.5. The molecule has 4 heteroatoms. The Morgan fingerprint density at radius 3 is 2.72 bits per heavy atom. The van der Waals surface area contributed by atoms with Gasteiger partial charge in [-0.3, -0.25) is 4.79 Å². The molecule has 0 spiro atoms. The highest BCUT2D eigenvalue weighted by Crippen LogP contribution is 2.20. The molecule has 0 radical (unpaired) electrons. The number of nitrogens with two attached hydrogens (primary N) is 1.